The molecule has 0 heterocycles. The predicted octanol–water partition coefficient (Wildman–Crippen LogP) is 2.71. The SMILES string of the molecule is CCOc1ccc(O[C@@H](C)C(=O)NNC(=O)/C=C/c2ccccc2)cc1. The average molecular weight is 354 g/mol. The standard InChI is InChI=1S/C20H22N2O4/c1-3-25-17-10-12-18(13-11-17)26-15(2)20(24)22-21-19(23)14-9-16-7-5-4-6-8-16/h4-15H,3H2,1-2H3,(H,21,23)(H,22,24)/b14-9+/t15-/m0/s1. The summed E-state index contributed by atoms with van der Waals surface area (Å²) in [6, 6.07) is 16.3. The molecular weight excluding hydrogens is 332 g/mol. The summed E-state index contributed by atoms with van der Waals surface area (Å²) in [4.78, 5) is 23.7. The maximum atomic E-state index is 12.0. The van der Waals surface area contributed by atoms with Gasteiger partial charge in [-0.2, -0.15) is 0 Å². The molecule has 2 rings (SSSR count). The molecule has 0 aliphatic rings. The van der Waals surface area contributed by atoms with Crippen LogP contribution in [-0.2, 0) is 9.59 Å². The number of hydrogen-bond donors (Lipinski definition) is 2. The van der Waals surface area contributed by atoms with E-state index >= 15 is 0 Å². The Morgan fingerprint density at radius 3 is 2.31 bits per heavy atom. The number of ether oxygens (including phenoxy) is 2. The van der Waals surface area contributed by atoms with Crippen molar-refractivity contribution in [2.45, 2.75) is 20.0 Å². The molecule has 2 amide bonds. The van der Waals surface area contributed by atoms with Crippen molar-refractivity contribution in [1.82, 2.24) is 10.9 Å². The van der Waals surface area contributed by atoms with Gasteiger partial charge in [-0.25, -0.2) is 0 Å². The van der Waals surface area contributed by atoms with Gasteiger partial charge in [-0.3, -0.25) is 20.4 Å². The summed E-state index contributed by atoms with van der Waals surface area (Å²) in [6.45, 7) is 4.08. The van der Waals surface area contributed by atoms with Crippen LogP contribution in [0, 0.1) is 0 Å². The van der Waals surface area contributed by atoms with E-state index in [0.29, 0.717) is 12.4 Å². The van der Waals surface area contributed by atoms with Gasteiger partial charge in [-0.05, 0) is 49.8 Å². The fourth-order valence-corrected chi connectivity index (χ4v) is 2.04. The van der Waals surface area contributed by atoms with Crippen molar-refractivity contribution in [3.05, 3.63) is 66.2 Å². The molecule has 6 nitrogen and oxygen atoms in total. The van der Waals surface area contributed by atoms with Crippen molar-refractivity contribution in [3.8, 4) is 11.5 Å². The minimum Gasteiger partial charge on any atom is -0.494 e. The maximum Gasteiger partial charge on any atom is 0.279 e. The van der Waals surface area contributed by atoms with Gasteiger partial charge < -0.3 is 9.47 Å². The van der Waals surface area contributed by atoms with E-state index in [0.717, 1.165) is 11.3 Å². The van der Waals surface area contributed by atoms with Gasteiger partial charge in [0.2, 0.25) is 0 Å². The highest BCUT2D eigenvalue weighted by atomic mass is 16.5. The Balaban J connectivity index is 1.77. The molecule has 2 aromatic rings. The first-order valence-electron chi connectivity index (χ1n) is 8.31. The first kappa shape index (κ1) is 19.1. The van der Waals surface area contributed by atoms with Crippen LogP contribution in [0.15, 0.2) is 60.7 Å². The Kier molecular flexibility index (Phi) is 7.24. The van der Waals surface area contributed by atoms with Crippen LogP contribution in [0.2, 0.25) is 0 Å². The van der Waals surface area contributed by atoms with Crippen LogP contribution in [0.5, 0.6) is 11.5 Å². The molecular formula is C20H22N2O4. The lowest BCUT2D eigenvalue weighted by molar-refractivity contribution is -0.131. The van der Waals surface area contributed by atoms with E-state index in [-0.39, 0.29) is 0 Å². The molecule has 2 aromatic carbocycles. The monoisotopic (exact) mass is 354 g/mol. The van der Waals surface area contributed by atoms with E-state index in [9.17, 15) is 9.59 Å². The van der Waals surface area contributed by atoms with Gasteiger partial charge in [-0.1, -0.05) is 30.3 Å². The molecule has 0 aliphatic heterocycles. The number of rotatable bonds is 7. The molecule has 2 N–H and O–H groups in total. The van der Waals surface area contributed by atoms with E-state index < -0.39 is 17.9 Å². The maximum absolute atomic E-state index is 12.0. The van der Waals surface area contributed by atoms with E-state index in [4.69, 9.17) is 9.47 Å². The van der Waals surface area contributed by atoms with Crippen molar-refractivity contribution in [3.63, 3.8) is 0 Å². The molecule has 0 bridgehead atoms. The Bertz CT molecular complexity index is 742. The summed E-state index contributed by atoms with van der Waals surface area (Å²) in [5.41, 5.74) is 5.54. The minimum absolute atomic E-state index is 0.435. The third-order valence-corrected chi connectivity index (χ3v) is 3.35. The highest BCUT2D eigenvalue weighted by molar-refractivity contribution is 5.93. The zero-order valence-electron chi connectivity index (χ0n) is 14.8. The fraction of sp³-hybridized carbons (Fsp3) is 0.200. The molecule has 0 unspecified atom stereocenters. The number of amides is 2. The number of hydrazine groups is 1. The molecule has 0 fully saturated rings. The van der Waals surface area contributed by atoms with Crippen LogP contribution in [-0.4, -0.2) is 24.5 Å². The van der Waals surface area contributed by atoms with Crippen molar-refractivity contribution in [1.29, 1.82) is 0 Å². The van der Waals surface area contributed by atoms with Crippen LogP contribution in [0.3, 0.4) is 0 Å². The first-order chi connectivity index (χ1) is 12.6. The van der Waals surface area contributed by atoms with E-state index in [2.05, 4.69) is 10.9 Å². The Hall–Kier alpha value is -3.28. The van der Waals surface area contributed by atoms with Crippen LogP contribution < -0.4 is 20.3 Å². The van der Waals surface area contributed by atoms with Crippen molar-refractivity contribution in [2.24, 2.45) is 0 Å². The Labute approximate surface area is 152 Å². The van der Waals surface area contributed by atoms with Gasteiger partial charge in [-0.15, -0.1) is 0 Å². The van der Waals surface area contributed by atoms with Gasteiger partial charge >= 0.3 is 0 Å². The summed E-state index contributed by atoms with van der Waals surface area (Å²) in [6.07, 6.45) is 2.22. The number of nitrogens with one attached hydrogen (secondary N) is 2. The number of carbonyl (C=O) groups is 2. The van der Waals surface area contributed by atoms with E-state index in [1.54, 1.807) is 37.3 Å². The third-order valence-electron chi connectivity index (χ3n) is 3.35. The fourth-order valence-electron chi connectivity index (χ4n) is 2.04. The molecule has 6 heteroatoms. The van der Waals surface area contributed by atoms with Gasteiger partial charge in [0.15, 0.2) is 6.10 Å². The molecule has 0 saturated heterocycles. The molecule has 0 radical (unpaired) electrons. The normalized spacial score (nSPS) is 11.6. The average Bonchev–Trinajstić information content (AvgIpc) is 2.67. The van der Waals surface area contributed by atoms with Gasteiger partial charge in [0, 0.05) is 6.08 Å². The van der Waals surface area contributed by atoms with Gasteiger partial charge in [0.25, 0.3) is 11.8 Å². The lowest BCUT2D eigenvalue weighted by Gasteiger charge is -2.15. The van der Waals surface area contributed by atoms with Crippen molar-refractivity contribution in [2.75, 3.05) is 6.61 Å². The number of benzene rings is 2. The van der Waals surface area contributed by atoms with Crippen molar-refractivity contribution >= 4 is 17.9 Å². The second kappa shape index (κ2) is 9.88. The second-order valence-electron chi connectivity index (χ2n) is 5.39. The molecule has 0 aliphatic carbocycles. The second-order valence-corrected chi connectivity index (χ2v) is 5.39. The van der Waals surface area contributed by atoms with Crippen molar-refractivity contribution < 1.29 is 19.1 Å². The van der Waals surface area contributed by atoms with Crippen LogP contribution in [0.25, 0.3) is 6.08 Å². The lowest BCUT2D eigenvalue weighted by Crippen LogP contribution is -2.46. The lowest BCUT2D eigenvalue weighted by atomic mass is 10.2. The largest absolute Gasteiger partial charge is 0.494 e. The third kappa shape index (κ3) is 6.32. The summed E-state index contributed by atoms with van der Waals surface area (Å²) in [5, 5.41) is 0. The van der Waals surface area contributed by atoms with Gasteiger partial charge in [0.05, 0.1) is 6.61 Å². The topological polar surface area (TPSA) is 76.7 Å². The molecule has 0 spiro atoms. The van der Waals surface area contributed by atoms with Crippen LogP contribution >= 0.6 is 0 Å². The zero-order valence-corrected chi connectivity index (χ0v) is 14.8. The quantitative estimate of drug-likeness (QED) is 0.592. The first-order valence-corrected chi connectivity index (χ1v) is 8.31. The molecule has 136 valence electrons. The molecule has 1 atom stereocenters. The van der Waals surface area contributed by atoms with Gasteiger partial charge in [0.1, 0.15) is 11.5 Å². The summed E-state index contributed by atoms with van der Waals surface area (Å²) in [7, 11) is 0. The highest BCUT2D eigenvalue weighted by Gasteiger charge is 2.14. The van der Waals surface area contributed by atoms with E-state index in [1.165, 1.54) is 6.08 Å². The Morgan fingerprint density at radius 1 is 1.00 bits per heavy atom. The minimum atomic E-state index is -0.772. The van der Waals surface area contributed by atoms with Crippen LogP contribution in [0.1, 0.15) is 19.4 Å². The number of carbonyl (C=O) groups excluding carboxylic acids is 2. The smallest absolute Gasteiger partial charge is 0.279 e. The zero-order chi connectivity index (χ0) is 18.8. The molecule has 26 heavy (non-hydrogen) atoms. The molecule has 0 aromatic heterocycles. The summed E-state index contributed by atoms with van der Waals surface area (Å²) in [5.74, 6) is 0.372. The predicted molar refractivity (Wildman–Crippen MR) is 99.5 cm³/mol. The summed E-state index contributed by atoms with van der Waals surface area (Å²) < 4.78 is 10.9. The number of hydrogen-bond acceptors (Lipinski definition) is 4. The highest BCUT2D eigenvalue weighted by Crippen LogP contribution is 2.18. The molecule has 0 saturated carbocycles. The van der Waals surface area contributed by atoms with Crippen LogP contribution in [0.4, 0.5) is 0 Å². The Morgan fingerprint density at radius 2 is 1.65 bits per heavy atom. The van der Waals surface area contributed by atoms with E-state index in [1.807, 2.05) is 37.3 Å². The summed E-state index contributed by atoms with van der Waals surface area (Å²) >= 11 is 0.